The van der Waals surface area contributed by atoms with Gasteiger partial charge in [0.2, 0.25) is 17.6 Å². The molecular weight excluding hydrogens is 1640 g/mol. The lowest BCUT2D eigenvalue weighted by atomic mass is 9.77. The molecule has 2 saturated heterocycles. The van der Waals surface area contributed by atoms with E-state index in [0.29, 0.717) is 204 Å². The van der Waals surface area contributed by atoms with E-state index in [4.69, 9.17) is 62.9 Å². The number of esters is 1. The molecule has 15 atom stereocenters. The van der Waals surface area contributed by atoms with Crippen molar-refractivity contribution in [3.05, 3.63) is 90.1 Å². The van der Waals surface area contributed by atoms with Gasteiger partial charge in [-0.3, -0.25) is 33.6 Å². The van der Waals surface area contributed by atoms with Gasteiger partial charge in [-0.2, -0.15) is 5.10 Å². The number of fused-ring (bicyclic) bond motifs is 5. The number of anilines is 1. The number of ether oxygens (including phenoxy) is 11. The molecular formula is C93H138N12O22. The number of aliphatic hydroxyl groups is 2. The average Bonchev–Trinajstić information content (AvgIpc) is 1.65. The highest BCUT2D eigenvalue weighted by molar-refractivity contribution is 6.39. The molecule has 4 aromatic heterocycles. The number of H-pyrrole nitrogens is 1. The molecule has 702 valence electrons. The number of benzene rings is 1. The number of aromatic nitrogens is 8. The molecule has 1 saturated carbocycles. The fourth-order valence-electron chi connectivity index (χ4n) is 17.0. The molecule has 7 heterocycles. The lowest BCUT2D eigenvalue weighted by molar-refractivity contribution is -0.265. The van der Waals surface area contributed by atoms with Gasteiger partial charge in [0, 0.05) is 127 Å². The topological polar surface area (TPSA) is 442 Å². The Morgan fingerprint density at radius 3 is 2.17 bits per heavy atom. The third-order valence-corrected chi connectivity index (χ3v) is 24.5. The van der Waals surface area contributed by atoms with Crippen LogP contribution in [0, 0.1) is 35.5 Å². The van der Waals surface area contributed by atoms with Gasteiger partial charge < -0.3 is 93.7 Å². The number of aliphatic hydroxyl groups excluding tert-OH is 1. The van der Waals surface area contributed by atoms with Crippen molar-refractivity contribution in [2.45, 2.75) is 244 Å². The summed E-state index contributed by atoms with van der Waals surface area (Å²) in [6.07, 6.45) is 19.0. The van der Waals surface area contributed by atoms with Crippen molar-refractivity contribution in [1.82, 2.24) is 55.3 Å². The van der Waals surface area contributed by atoms with E-state index in [9.17, 15) is 53.7 Å². The van der Waals surface area contributed by atoms with E-state index in [1.54, 1.807) is 63.9 Å². The minimum absolute atomic E-state index is 0.0156. The lowest BCUT2D eigenvalue weighted by Gasteiger charge is -2.42. The Kier molecular flexibility index (Phi) is 42.2. The second-order valence-corrected chi connectivity index (χ2v) is 34.3. The minimum atomic E-state index is -2.48. The zero-order valence-electron chi connectivity index (χ0n) is 75.9. The number of aryl methyl sites for hydroxylation is 2. The number of ketones is 4. The van der Waals surface area contributed by atoms with Gasteiger partial charge >= 0.3 is 5.97 Å². The quantitative estimate of drug-likeness (QED) is 0.00827. The first-order chi connectivity index (χ1) is 61.2. The summed E-state index contributed by atoms with van der Waals surface area (Å²) in [4.78, 5) is 123. The number of rotatable bonds is 42. The van der Waals surface area contributed by atoms with Crippen molar-refractivity contribution < 1.29 is 106 Å². The number of cyclic esters (lactones) is 1. The number of allylic oxidation sites excluding steroid dienone is 6. The summed E-state index contributed by atoms with van der Waals surface area (Å²) < 4.78 is 67.6. The number of aromatic hydroxyl groups is 1. The fraction of sp³-hybridized carbons (Fsp3) is 0.667. The molecule has 0 unspecified atom stereocenters. The molecule has 3 amide bonds. The number of hydrogen-bond donors (Lipinski definition) is 7. The fourth-order valence-corrected chi connectivity index (χ4v) is 17.0. The van der Waals surface area contributed by atoms with Crippen LogP contribution in [0.5, 0.6) is 5.75 Å². The van der Waals surface area contributed by atoms with E-state index in [1.165, 1.54) is 18.3 Å². The van der Waals surface area contributed by atoms with Crippen molar-refractivity contribution >= 4 is 74.6 Å². The number of unbranched alkanes of at least 4 members (excludes halogenated alkanes) is 1. The molecule has 127 heavy (non-hydrogen) atoms. The highest BCUT2D eigenvalue weighted by Gasteiger charge is 2.53. The van der Waals surface area contributed by atoms with Crippen molar-refractivity contribution in [2.24, 2.45) is 35.5 Å². The largest absolute Gasteiger partial charge is 0.508 e. The molecule has 1 aromatic carbocycles. The normalized spacial score (nSPS) is 26.4. The Labute approximate surface area is 745 Å². The van der Waals surface area contributed by atoms with Crippen LogP contribution in [0.15, 0.2) is 84.4 Å². The number of phenolic OH excluding ortho intramolecular Hbond substituents is 1. The van der Waals surface area contributed by atoms with E-state index < -0.39 is 83.7 Å². The average molecular weight is 1780 g/mol. The standard InChI is InChI=1S/C93H138N12O22/c1-60-20-12-11-13-21-61(2)78(117-8)56-72-29-26-66(7)93(116,127-72)88(113)91(114)103-36-16-14-24-76(103)92(115)126-79(57-77(108)62(3)51-65(6)86(112)87(119-10)85(111)64(5)50-60)63(4)52-67-27-31-75(80(53-67)118-9)105-58-69(100-102-105)22-18-25-81(109)96-35-41-123-45-49-125-47-43-121-39-32-70(106)23-19-38-120-42-46-124-48-44-122-40-33-82(110)95-34-15-17-37-104-90-83(89(94)97-59-98-90)84(101-104)74-55-68-54-71(107)28-30-73(68)99-74/h11-13,20-21,28,30,51,54-55,58-60,62-64,66-67,72,75-76,78-80,86-87,99,107,112,116H,14-19,22-27,29,31-50,52-53,56-57H2,1-10H3,(H,95,110)(H,96,109)(H2,94,97,98)/b13-11+,20-12+,61-21+,65-51+/t60-,62-,63-,64-,66-,67+,72+,75+,76+,78+,79+,80-,86-,87+,93-/m1/s1. The molecule has 2 bridgehead atoms. The number of methoxy groups -OCH3 is 3. The van der Waals surface area contributed by atoms with Gasteiger partial charge in [0.15, 0.2) is 11.4 Å². The third kappa shape index (κ3) is 31.2. The predicted octanol–water partition coefficient (Wildman–Crippen LogP) is 9.49. The van der Waals surface area contributed by atoms with Gasteiger partial charge in [-0.05, 0) is 163 Å². The van der Waals surface area contributed by atoms with Crippen molar-refractivity contribution in [3.63, 3.8) is 0 Å². The number of piperidine rings is 1. The van der Waals surface area contributed by atoms with E-state index >= 15 is 0 Å². The van der Waals surface area contributed by atoms with E-state index in [-0.39, 0.29) is 104 Å². The zero-order chi connectivity index (χ0) is 91.4. The predicted molar refractivity (Wildman–Crippen MR) is 473 cm³/mol. The molecule has 3 aliphatic heterocycles. The highest BCUT2D eigenvalue weighted by atomic mass is 16.6. The monoisotopic (exact) mass is 1780 g/mol. The van der Waals surface area contributed by atoms with E-state index in [2.05, 4.69) is 35.9 Å². The van der Waals surface area contributed by atoms with Crippen LogP contribution in [-0.2, 0) is 103 Å². The lowest BCUT2D eigenvalue weighted by Crippen LogP contribution is -2.61. The number of nitrogens with two attached hydrogens (primary N) is 1. The van der Waals surface area contributed by atoms with Crippen LogP contribution in [0.1, 0.15) is 189 Å². The number of hydrogen-bond acceptors (Lipinski definition) is 28. The molecule has 8 N–H and O–H groups in total. The van der Waals surface area contributed by atoms with Gasteiger partial charge in [0.25, 0.3) is 11.7 Å². The molecule has 34 heteroatoms. The Hall–Kier alpha value is -8.91. The maximum atomic E-state index is 14.8. The summed E-state index contributed by atoms with van der Waals surface area (Å²) in [6.45, 7) is 18.2. The van der Waals surface area contributed by atoms with Crippen LogP contribution in [0.3, 0.4) is 0 Å². The van der Waals surface area contributed by atoms with Gasteiger partial charge in [-0.1, -0.05) is 76.3 Å². The first-order valence-electron chi connectivity index (χ1n) is 45.4. The Morgan fingerprint density at radius 1 is 0.732 bits per heavy atom. The Balaban J connectivity index is 0.609. The van der Waals surface area contributed by atoms with Crippen molar-refractivity contribution in [3.8, 4) is 17.1 Å². The van der Waals surface area contributed by atoms with Crippen LogP contribution in [0.4, 0.5) is 5.82 Å². The highest BCUT2D eigenvalue weighted by Crippen LogP contribution is 2.41. The number of phenols is 1. The Bertz CT molecular complexity index is 4460. The number of nitrogens with one attached hydrogen (secondary N) is 3. The van der Waals surface area contributed by atoms with Crippen LogP contribution < -0.4 is 16.4 Å². The molecule has 9 rings (SSSR count). The molecule has 0 spiro atoms. The molecule has 4 aliphatic rings. The molecule has 5 aromatic rings. The molecule has 1 aliphatic carbocycles. The number of carbonyl (C=O) groups is 8. The zero-order valence-corrected chi connectivity index (χ0v) is 75.9. The Morgan fingerprint density at radius 2 is 1.44 bits per heavy atom. The second-order valence-electron chi connectivity index (χ2n) is 34.3. The summed E-state index contributed by atoms with van der Waals surface area (Å²) in [5.41, 5.74) is 11.0. The van der Waals surface area contributed by atoms with E-state index in [0.717, 1.165) is 47.1 Å². The smallest absolute Gasteiger partial charge is 0.329 e. The summed E-state index contributed by atoms with van der Waals surface area (Å²) in [7, 11) is 4.60. The molecule has 34 nitrogen and oxygen atoms in total. The number of amides is 3. The number of nitrogens with zero attached hydrogens (tertiary/aromatic N) is 8. The SMILES string of the molecule is CO[C@H]1C[C@@H]2CC[C@@H](C)[C@@](O)(O2)C(=O)C(=O)N2CCCC[C@H]2C(=O)O[C@H]([C@H](C)C[C@@H]2CC[C@H](n3cc(CCCC(=O)NCCOCCOCCOCCC(=O)CCCOCCOCCOCCC(=O)NCCCCn4nc(-c5cc6cc(O)ccc6[nH]5)c5c(N)ncnc54)nn3)[C@H](OC)C2)CC(=O)[C@H](C)/C=C(\C)[C@@H](O)[C@@H](OC)C(=O)[C@H](C)C[C@H](C)/C=C/C=C/C=C/1C. The number of Topliss-reactive ketones (excluding diaryl/α,β-unsaturated/α-hetero) is 4. The maximum absolute atomic E-state index is 14.8. The van der Waals surface area contributed by atoms with Crippen LogP contribution in [-0.4, -0.2) is 275 Å². The molecule has 0 radical (unpaired) electrons. The van der Waals surface area contributed by atoms with Crippen molar-refractivity contribution in [1.29, 1.82) is 0 Å². The number of nitrogen functional groups attached to an aromatic ring is 1. The molecule has 3 fully saturated rings. The summed E-state index contributed by atoms with van der Waals surface area (Å²) in [6, 6.07) is 5.64. The second kappa shape index (κ2) is 52.7. The summed E-state index contributed by atoms with van der Waals surface area (Å²) in [5.74, 6) is -8.08. The summed E-state index contributed by atoms with van der Waals surface area (Å²) >= 11 is 0. The minimum Gasteiger partial charge on any atom is -0.508 e. The number of carbonyl (C=O) groups excluding carboxylic acids is 8. The first-order valence-corrected chi connectivity index (χ1v) is 45.4. The van der Waals surface area contributed by atoms with Crippen LogP contribution >= 0.6 is 0 Å². The van der Waals surface area contributed by atoms with Crippen LogP contribution in [0.25, 0.3) is 33.3 Å². The first kappa shape index (κ1) is 102. The number of aromatic amines is 1. The third-order valence-electron chi connectivity index (χ3n) is 24.5. The maximum Gasteiger partial charge on any atom is 0.329 e. The van der Waals surface area contributed by atoms with E-state index in [1.807, 2.05) is 75.0 Å². The summed E-state index contributed by atoms with van der Waals surface area (Å²) in [5, 5.41) is 54.9. The van der Waals surface area contributed by atoms with Crippen LogP contribution in [0.2, 0.25) is 0 Å². The van der Waals surface area contributed by atoms with Gasteiger partial charge in [-0.15, -0.1) is 5.10 Å². The van der Waals surface area contributed by atoms with Crippen molar-refractivity contribution in [2.75, 3.05) is 126 Å². The van der Waals surface area contributed by atoms with Gasteiger partial charge in [-0.25, -0.2) is 24.1 Å². The van der Waals surface area contributed by atoms with Gasteiger partial charge in [0.05, 0.1) is 114 Å². The van der Waals surface area contributed by atoms with Gasteiger partial charge in [0.1, 0.15) is 59.5 Å².